The number of carbonyl (C=O) groups excluding carboxylic acids is 1. The lowest BCUT2D eigenvalue weighted by Crippen LogP contribution is -2.41. The van der Waals surface area contributed by atoms with E-state index in [1.807, 2.05) is 26.0 Å². The van der Waals surface area contributed by atoms with Crippen LogP contribution in [0.1, 0.15) is 34.3 Å². The van der Waals surface area contributed by atoms with Gasteiger partial charge in [0.1, 0.15) is 23.1 Å². The number of carbonyl (C=O) groups is 1. The Kier molecular flexibility index (Phi) is 3.68. The number of thiazole rings is 1. The molecule has 0 fully saturated rings. The summed E-state index contributed by atoms with van der Waals surface area (Å²) in [5, 5.41) is 13.8. The van der Waals surface area contributed by atoms with Crippen molar-refractivity contribution in [3.05, 3.63) is 40.6 Å². The molecule has 0 saturated heterocycles. The van der Waals surface area contributed by atoms with Crippen molar-refractivity contribution in [2.75, 3.05) is 0 Å². The third-order valence-electron chi connectivity index (χ3n) is 4.15. The van der Waals surface area contributed by atoms with Crippen molar-refractivity contribution in [1.29, 1.82) is 0 Å². The Morgan fingerprint density at radius 1 is 1.38 bits per heavy atom. The van der Waals surface area contributed by atoms with E-state index in [1.165, 1.54) is 11.3 Å². The number of rotatable bonds is 3. The van der Waals surface area contributed by atoms with Gasteiger partial charge < -0.3 is 14.3 Å². The second kappa shape index (κ2) is 5.86. The average Bonchev–Trinajstić information content (AvgIpc) is 3.28. The molecule has 1 amide bonds. The number of hydrogen-bond acceptors (Lipinski definition) is 6. The van der Waals surface area contributed by atoms with E-state index in [-0.39, 0.29) is 11.9 Å². The zero-order valence-corrected chi connectivity index (χ0v) is 14.3. The molecule has 0 aliphatic carbocycles. The summed E-state index contributed by atoms with van der Waals surface area (Å²) in [6.07, 6.45) is 1.68. The first kappa shape index (κ1) is 15.1. The molecule has 3 aromatic rings. The Hall–Kier alpha value is -2.48. The molecule has 8 heteroatoms. The Labute approximate surface area is 142 Å². The Morgan fingerprint density at radius 3 is 3.04 bits per heavy atom. The number of hydrogen-bond donors (Lipinski definition) is 1. The van der Waals surface area contributed by atoms with Gasteiger partial charge in [0, 0.05) is 24.4 Å². The predicted molar refractivity (Wildman–Crippen MR) is 88.9 cm³/mol. The van der Waals surface area contributed by atoms with Gasteiger partial charge >= 0.3 is 0 Å². The van der Waals surface area contributed by atoms with Crippen LogP contribution in [0.4, 0.5) is 0 Å². The summed E-state index contributed by atoms with van der Waals surface area (Å²) >= 11 is 1.41. The molecule has 0 spiro atoms. The highest BCUT2D eigenvalue weighted by Gasteiger charge is 2.24. The van der Waals surface area contributed by atoms with Gasteiger partial charge in [0.15, 0.2) is 10.8 Å². The molecular weight excluding hydrogens is 326 g/mol. The highest BCUT2D eigenvalue weighted by molar-refractivity contribution is 7.13. The van der Waals surface area contributed by atoms with Crippen LogP contribution in [0, 0.1) is 13.8 Å². The molecule has 0 aromatic carbocycles. The van der Waals surface area contributed by atoms with Gasteiger partial charge in [-0.15, -0.1) is 21.5 Å². The SMILES string of the molecule is Cc1ccc(-c2nc(C(=O)N[C@H]3CCc4nnc(C)n4C3)cs2)o1. The van der Waals surface area contributed by atoms with E-state index in [0.717, 1.165) is 30.3 Å². The fourth-order valence-corrected chi connectivity index (χ4v) is 3.64. The van der Waals surface area contributed by atoms with Crippen LogP contribution in [-0.2, 0) is 13.0 Å². The molecule has 4 rings (SSSR count). The number of nitrogens with one attached hydrogen (secondary N) is 1. The quantitative estimate of drug-likeness (QED) is 0.789. The van der Waals surface area contributed by atoms with E-state index < -0.39 is 0 Å². The highest BCUT2D eigenvalue weighted by atomic mass is 32.1. The second-order valence-electron chi connectivity index (χ2n) is 5.93. The third-order valence-corrected chi connectivity index (χ3v) is 5.01. The molecular formula is C16H17N5O2S. The minimum absolute atomic E-state index is 0.0655. The minimum atomic E-state index is -0.153. The van der Waals surface area contributed by atoms with Gasteiger partial charge in [-0.25, -0.2) is 4.98 Å². The number of furan rings is 1. The summed E-state index contributed by atoms with van der Waals surface area (Å²) in [7, 11) is 0. The van der Waals surface area contributed by atoms with Crippen LogP contribution in [0.3, 0.4) is 0 Å². The summed E-state index contributed by atoms with van der Waals surface area (Å²) < 4.78 is 7.62. The first-order valence-corrected chi connectivity index (χ1v) is 8.70. The van der Waals surface area contributed by atoms with Crippen LogP contribution in [0.15, 0.2) is 21.9 Å². The number of nitrogens with zero attached hydrogens (tertiary/aromatic N) is 4. The summed E-state index contributed by atoms with van der Waals surface area (Å²) in [6, 6.07) is 3.82. The second-order valence-corrected chi connectivity index (χ2v) is 6.79. The number of amides is 1. The molecule has 0 saturated carbocycles. The monoisotopic (exact) mass is 343 g/mol. The summed E-state index contributed by atoms with van der Waals surface area (Å²) in [5.74, 6) is 3.24. The van der Waals surface area contributed by atoms with Gasteiger partial charge in [0.05, 0.1) is 0 Å². The van der Waals surface area contributed by atoms with E-state index >= 15 is 0 Å². The molecule has 24 heavy (non-hydrogen) atoms. The summed E-state index contributed by atoms with van der Waals surface area (Å²) in [6.45, 7) is 4.52. The molecule has 124 valence electrons. The van der Waals surface area contributed by atoms with Crippen LogP contribution in [-0.4, -0.2) is 31.7 Å². The van der Waals surface area contributed by atoms with Crippen LogP contribution < -0.4 is 5.32 Å². The van der Waals surface area contributed by atoms with Crippen LogP contribution >= 0.6 is 11.3 Å². The van der Waals surface area contributed by atoms with Crippen LogP contribution in [0.25, 0.3) is 10.8 Å². The maximum atomic E-state index is 12.5. The topological polar surface area (TPSA) is 85.8 Å². The normalized spacial score (nSPS) is 16.8. The largest absolute Gasteiger partial charge is 0.459 e. The predicted octanol–water partition coefficient (Wildman–Crippen LogP) is 2.36. The van der Waals surface area contributed by atoms with Crippen molar-refractivity contribution in [2.24, 2.45) is 0 Å². The van der Waals surface area contributed by atoms with Crippen molar-refractivity contribution in [3.8, 4) is 10.8 Å². The maximum absolute atomic E-state index is 12.5. The lowest BCUT2D eigenvalue weighted by molar-refractivity contribution is 0.0923. The standard InChI is InChI=1S/C16H17N5O2S/c1-9-3-5-13(23-9)16-18-12(8-24-16)15(22)17-11-4-6-14-20-19-10(2)21(14)7-11/h3,5,8,11H,4,6-7H2,1-2H3,(H,17,22)/t11-/m0/s1. The summed E-state index contributed by atoms with van der Waals surface area (Å²) in [5.41, 5.74) is 0.426. The Morgan fingerprint density at radius 2 is 2.25 bits per heavy atom. The molecule has 1 aliphatic heterocycles. The zero-order chi connectivity index (χ0) is 16.7. The van der Waals surface area contributed by atoms with E-state index in [1.54, 1.807) is 5.38 Å². The molecule has 1 aliphatic rings. The first-order chi connectivity index (χ1) is 11.6. The smallest absolute Gasteiger partial charge is 0.271 e. The van der Waals surface area contributed by atoms with E-state index in [2.05, 4.69) is 25.1 Å². The van der Waals surface area contributed by atoms with Gasteiger partial charge in [0.25, 0.3) is 5.91 Å². The number of aromatic nitrogens is 4. The zero-order valence-electron chi connectivity index (χ0n) is 13.4. The van der Waals surface area contributed by atoms with Crippen molar-refractivity contribution < 1.29 is 9.21 Å². The van der Waals surface area contributed by atoms with Gasteiger partial charge in [-0.2, -0.15) is 0 Å². The summed E-state index contributed by atoms with van der Waals surface area (Å²) in [4.78, 5) is 16.9. The molecule has 0 radical (unpaired) electrons. The maximum Gasteiger partial charge on any atom is 0.271 e. The Bertz CT molecular complexity index is 894. The van der Waals surface area contributed by atoms with Gasteiger partial charge in [-0.3, -0.25) is 4.79 Å². The van der Waals surface area contributed by atoms with Gasteiger partial charge in [0.2, 0.25) is 0 Å². The molecule has 3 aromatic heterocycles. The molecule has 7 nitrogen and oxygen atoms in total. The van der Waals surface area contributed by atoms with E-state index in [9.17, 15) is 4.79 Å². The molecule has 1 N–H and O–H groups in total. The number of aryl methyl sites for hydroxylation is 3. The fraction of sp³-hybridized carbons (Fsp3) is 0.375. The average molecular weight is 343 g/mol. The minimum Gasteiger partial charge on any atom is -0.459 e. The van der Waals surface area contributed by atoms with E-state index in [0.29, 0.717) is 23.0 Å². The molecule has 1 atom stereocenters. The lowest BCUT2D eigenvalue weighted by Gasteiger charge is -2.24. The highest BCUT2D eigenvalue weighted by Crippen LogP contribution is 2.25. The molecule has 0 bridgehead atoms. The number of fused-ring (bicyclic) bond motifs is 1. The van der Waals surface area contributed by atoms with E-state index in [4.69, 9.17) is 4.42 Å². The van der Waals surface area contributed by atoms with Crippen molar-refractivity contribution in [1.82, 2.24) is 25.1 Å². The molecule has 4 heterocycles. The van der Waals surface area contributed by atoms with Crippen molar-refractivity contribution >= 4 is 17.2 Å². The van der Waals surface area contributed by atoms with Crippen LogP contribution in [0.2, 0.25) is 0 Å². The van der Waals surface area contributed by atoms with Gasteiger partial charge in [-0.05, 0) is 32.4 Å². The molecule has 0 unspecified atom stereocenters. The fourth-order valence-electron chi connectivity index (χ4n) is 2.88. The first-order valence-electron chi connectivity index (χ1n) is 7.82. The third kappa shape index (κ3) is 2.73. The van der Waals surface area contributed by atoms with Crippen LogP contribution in [0.5, 0.6) is 0 Å². The Balaban J connectivity index is 1.45. The lowest BCUT2D eigenvalue weighted by atomic mass is 10.1. The van der Waals surface area contributed by atoms with Crippen molar-refractivity contribution in [3.63, 3.8) is 0 Å². The van der Waals surface area contributed by atoms with Crippen molar-refractivity contribution in [2.45, 2.75) is 39.3 Å². The van der Waals surface area contributed by atoms with Gasteiger partial charge in [-0.1, -0.05) is 0 Å².